The van der Waals surface area contributed by atoms with Crippen LogP contribution in [0, 0.1) is 6.92 Å². The van der Waals surface area contributed by atoms with E-state index in [0.717, 1.165) is 10.2 Å². The number of anilines is 1. The average molecular weight is 489 g/mol. The molecule has 4 rings (SSSR count). The molecule has 0 radical (unpaired) electrons. The summed E-state index contributed by atoms with van der Waals surface area (Å²) in [6.45, 7) is 4.07. The third-order valence-corrected chi connectivity index (χ3v) is 5.50. The average Bonchev–Trinajstić information content (AvgIpc) is 3.24. The summed E-state index contributed by atoms with van der Waals surface area (Å²) >= 11 is 0. The van der Waals surface area contributed by atoms with Crippen molar-refractivity contribution in [3.05, 3.63) is 53.7 Å². The molecule has 0 saturated heterocycles. The van der Waals surface area contributed by atoms with Gasteiger partial charge in [0.1, 0.15) is 12.3 Å². The number of rotatable bonds is 5. The lowest BCUT2D eigenvalue weighted by Crippen LogP contribution is -2.34. The van der Waals surface area contributed by atoms with Crippen LogP contribution >= 0.6 is 0 Å². The number of halogens is 3. The lowest BCUT2D eigenvalue weighted by molar-refractivity contribution is -0.142. The first-order chi connectivity index (χ1) is 16.7. The number of carbonyl (C=O) groups excluding carboxylic acids is 1. The van der Waals surface area contributed by atoms with Gasteiger partial charge in [0, 0.05) is 37.5 Å². The summed E-state index contributed by atoms with van der Waals surface area (Å²) in [7, 11) is 0. The van der Waals surface area contributed by atoms with E-state index < -0.39 is 12.7 Å². The molecule has 0 atom stereocenters. The van der Waals surface area contributed by atoms with Crippen molar-refractivity contribution in [3.63, 3.8) is 0 Å². The minimum atomic E-state index is -4.41. The normalized spacial score (nSPS) is 15.1. The van der Waals surface area contributed by atoms with Crippen molar-refractivity contribution in [2.45, 2.75) is 39.4 Å². The predicted molar refractivity (Wildman–Crippen MR) is 122 cm³/mol. The molecular formula is C24H26F3N5O3. The van der Waals surface area contributed by atoms with Crippen LogP contribution in [0.2, 0.25) is 0 Å². The van der Waals surface area contributed by atoms with E-state index in [0.29, 0.717) is 66.6 Å². The van der Waals surface area contributed by atoms with Crippen LogP contribution in [-0.2, 0) is 17.7 Å². The summed E-state index contributed by atoms with van der Waals surface area (Å²) in [6.07, 6.45) is 2.34. The number of aryl methyl sites for hydroxylation is 1. The van der Waals surface area contributed by atoms with Crippen molar-refractivity contribution in [1.29, 1.82) is 0 Å². The molecule has 3 aromatic heterocycles. The van der Waals surface area contributed by atoms with Gasteiger partial charge in [-0.15, -0.1) is 0 Å². The second-order valence-electron chi connectivity index (χ2n) is 8.17. The Kier molecular flexibility index (Phi) is 7.34. The first kappa shape index (κ1) is 24.6. The van der Waals surface area contributed by atoms with Crippen LogP contribution in [0.3, 0.4) is 0 Å². The Morgan fingerprint density at radius 3 is 2.77 bits per heavy atom. The van der Waals surface area contributed by atoms with Gasteiger partial charge in [0.25, 0.3) is 5.91 Å². The molecule has 1 amide bonds. The largest absolute Gasteiger partial charge is 0.492 e. The fourth-order valence-electron chi connectivity index (χ4n) is 4.00. The first-order valence-electron chi connectivity index (χ1n) is 11.3. The van der Waals surface area contributed by atoms with Crippen molar-refractivity contribution in [2.75, 3.05) is 31.3 Å². The minimum absolute atomic E-state index is 0.275. The fraction of sp³-hybridized carbons (Fsp3) is 0.417. The second-order valence-corrected chi connectivity index (χ2v) is 8.17. The topological polar surface area (TPSA) is 82.4 Å². The quantitative estimate of drug-likeness (QED) is 0.534. The Bertz CT molecular complexity index is 1200. The maximum Gasteiger partial charge on any atom is 0.408 e. The summed E-state index contributed by atoms with van der Waals surface area (Å²) in [5.74, 6) is 0.289. The molecule has 0 bridgehead atoms. The lowest BCUT2D eigenvalue weighted by Gasteiger charge is -2.25. The molecule has 11 heteroatoms. The Labute approximate surface area is 200 Å². The number of pyridine rings is 2. The SMILES string of the molecule is CCOc1cncc(-c2cc(C)c3c(n2)CCOCCCN(c2cnn(CC(F)(F)F)c2)C3=O)c1. The van der Waals surface area contributed by atoms with Crippen LogP contribution in [0.15, 0.2) is 36.9 Å². The van der Waals surface area contributed by atoms with Crippen LogP contribution in [0.4, 0.5) is 18.9 Å². The highest BCUT2D eigenvalue weighted by molar-refractivity contribution is 6.08. The molecule has 0 saturated carbocycles. The summed E-state index contributed by atoms with van der Waals surface area (Å²) in [5.41, 5.74) is 3.35. The number of ether oxygens (including phenoxy) is 2. The predicted octanol–water partition coefficient (Wildman–Crippen LogP) is 4.22. The van der Waals surface area contributed by atoms with Crippen molar-refractivity contribution in [1.82, 2.24) is 19.7 Å². The molecule has 1 aliphatic heterocycles. The third kappa shape index (κ3) is 5.97. The Morgan fingerprint density at radius 2 is 2.00 bits per heavy atom. The number of hydrogen-bond acceptors (Lipinski definition) is 6. The van der Waals surface area contributed by atoms with Crippen LogP contribution in [0.25, 0.3) is 11.3 Å². The zero-order valence-electron chi connectivity index (χ0n) is 19.5. The van der Waals surface area contributed by atoms with Crippen molar-refractivity contribution >= 4 is 11.6 Å². The summed E-state index contributed by atoms with van der Waals surface area (Å²) in [5, 5.41) is 3.80. The van der Waals surface area contributed by atoms with E-state index in [9.17, 15) is 18.0 Å². The summed E-state index contributed by atoms with van der Waals surface area (Å²) in [4.78, 5) is 24.1. The molecular weight excluding hydrogens is 463 g/mol. The zero-order chi connectivity index (χ0) is 25.0. The summed E-state index contributed by atoms with van der Waals surface area (Å²) < 4.78 is 50.5. The van der Waals surface area contributed by atoms with Gasteiger partial charge in [-0.25, -0.2) is 0 Å². The number of carbonyl (C=O) groups is 1. The number of fused-ring (bicyclic) bond motifs is 1. The van der Waals surface area contributed by atoms with Crippen molar-refractivity contribution in [3.8, 4) is 17.0 Å². The number of hydrogen-bond donors (Lipinski definition) is 0. The molecule has 0 spiro atoms. The highest BCUT2D eigenvalue weighted by Gasteiger charge is 2.30. The molecule has 0 aliphatic carbocycles. The number of alkyl halides is 3. The van der Waals surface area contributed by atoms with Gasteiger partial charge in [0.2, 0.25) is 0 Å². The van der Waals surface area contributed by atoms with E-state index in [1.165, 1.54) is 17.3 Å². The first-order valence-corrected chi connectivity index (χ1v) is 11.3. The fourth-order valence-corrected chi connectivity index (χ4v) is 4.00. The molecule has 186 valence electrons. The molecule has 3 aromatic rings. The van der Waals surface area contributed by atoms with Gasteiger partial charge in [-0.05, 0) is 38.0 Å². The Balaban J connectivity index is 1.72. The molecule has 0 fully saturated rings. The highest BCUT2D eigenvalue weighted by atomic mass is 19.4. The molecule has 0 unspecified atom stereocenters. The van der Waals surface area contributed by atoms with Gasteiger partial charge in [-0.1, -0.05) is 0 Å². The van der Waals surface area contributed by atoms with E-state index >= 15 is 0 Å². The Morgan fingerprint density at radius 1 is 1.17 bits per heavy atom. The third-order valence-electron chi connectivity index (χ3n) is 5.50. The number of nitrogens with zero attached hydrogens (tertiary/aromatic N) is 5. The van der Waals surface area contributed by atoms with Crippen molar-refractivity contribution < 1.29 is 27.4 Å². The number of aromatic nitrogens is 4. The van der Waals surface area contributed by atoms with Crippen LogP contribution < -0.4 is 9.64 Å². The van der Waals surface area contributed by atoms with Gasteiger partial charge in [-0.2, -0.15) is 18.3 Å². The molecule has 4 heterocycles. The van der Waals surface area contributed by atoms with Crippen LogP contribution in [0.1, 0.15) is 35.0 Å². The van der Waals surface area contributed by atoms with E-state index in [2.05, 4.69) is 10.1 Å². The Hall–Kier alpha value is -3.47. The van der Waals surface area contributed by atoms with Gasteiger partial charge < -0.3 is 14.4 Å². The van der Waals surface area contributed by atoms with Gasteiger partial charge in [0.05, 0.1) is 48.2 Å². The molecule has 0 N–H and O–H groups in total. The van der Waals surface area contributed by atoms with Gasteiger partial charge in [-0.3, -0.25) is 19.4 Å². The van der Waals surface area contributed by atoms with Gasteiger partial charge >= 0.3 is 6.18 Å². The van der Waals surface area contributed by atoms with E-state index in [1.54, 1.807) is 18.5 Å². The monoisotopic (exact) mass is 489 g/mol. The molecule has 8 nitrogen and oxygen atoms in total. The maximum absolute atomic E-state index is 13.7. The zero-order valence-corrected chi connectivity index (χ0v) is 19.5. The summed E-state index contributed by atoms with van der Waals surface area (Å²) in [6, 6.07) is 3.64. The second kappa shape index (κ2) is 10.4. The lowest BCUT2D eigenvalue weighted by atomic mass is 10.0. The highest BCUT2D eigenvalue weighted by Crippen LogP contribution is 2.28. The van der Waals surface area contributed by atoms with Crippen molar-refractivity contribution in [2.24, 2.45) is 0 Å². The molecule has 1 aliphatic rings. The minimum Gasteiger partial charge on any atom is -0.492 e. The van der Waals surface area contributed by atoms with Gasteiger partial charge in [0.15, 0.2) is 0 Å². The smallest absolute Gasteiger partial charge is 0.408 e. The standard InChI is InChI=1S/C24H26F3N5O3/c1-3-35-19-10-17(11-28-13-19)21-9-16(2)22-20(30-21)5-8-34-7-4-6-32(23(22)33)18-12-29-31(14-18)15-24(25,26)27/h9-14H,3-8,15H2,1-2H3. The van der Waals surface area contributed by atoms with Crippen LogP contribution in [0.5, 0.6) is 5.75 Å². The van der Waals surface area contributed by atoms with Crippen LogP contribution in [-0.4, -0.2) is 58.2 Å². The van der Waals surface area contributed by atoms with E-state index in [4.69, 9.17) is 14.5 Å². The molecule has 0 aromatic carbocycles. The number of amides is 1. The maximum atomic E-state index is 13.7. The van der Waals surface area contributed by atoms with E-state index in [1.807, 2.05) is 19.9 Å². The van der Waals surface area contributed by atoms with E-state index in [-0.39, 0.29) is 12.5 Å². The molecule has 35 heavy (non-hydrogen) atoms.